The summed E-state index contributed by atoms with van der Waals surface area (Å²) in [6.45, 7) is 5.85. The Bertz CT molecular complexity index is 318. The molecule has 0 bridgehead atoms. The summed E-state index contributed by atoms with van der Waals surface area (Å²) in [5.74, 6) is 0.667. The summed E-state index contributed by atoms with van der Waals surface area (Å²) in [6, 6.07) is 0. The van der Waals surface area contributed by atoms with Crippen LogP contribution in [0.15, 0.2) is 5.16 Å². The first-order valence-corrected chi connectivity index (χ1v) is 6.75. The van der Waals surface area contributed by atoms with Crippen molar-refractivity contribution in [2.24, 2.45) is 22.7 Å². The Kier molecular flexibility index (Phi) is 4.99. The van der Waals surface area contributed by atoms with Gasteiger partial charge in [0, 0.05) is 5.92 Å². The van der Waals surface area contributed by atoms with Crippen LogP contribution >= 0.6 is 0 Å². The summed E-state index contributed by atoms with van der Waals surface area (Å²) in [7, 11) is 0. The normalized spacial score (nSPS) is 29.3. The Morgan fingerprint density at radius 1 is 1.50 bits per heavy atom. The molecule has 1 aliphatic carbocycles. The van der Waals surface area contributed by atoms with Crippen LogP contribution in [0.5, 0.6) is 0 Å². The monoisotopic (exact) mass is 255 g/mol. The molecule has 104 valence electrons. The van der Waals surface area contributed by atoms with Crippen molar-refractivity contribution in [3.05, 3.63) is 0 Å². The fourth-order valence-electron chi connectivity index (χ4n) is 2.50. The number of amides is 1. The second-order valence-corrected chi connectivity index (χ2v) is 5.56. The zero-order chi connectivity index (χ0) is 13.8. The van der Waals surface area contributed by atoms with E-state index in [0.29, 0.717) is 5.92 Å². The van der Waals surface area contributed by atoms with E-state index in [1.807, 2.05) is 13.8 Å². The second kappa shape index (κ2) is 6.07. The molecule has 18 heavy (non-hydrogen) atoms. The molecule has 1 amide bonds. The van der Waals surface area contributed by atoms with E-state index < -0.39 is 5.54 Å². The van der Waals surface area contributed by atoms with Gasteiger partial charge >= 0.3 is 0 Å². The molecule has 0 heterocycles. The molecule has 0 aromatic carbocycles. The summed E-state index contributed by atoms with van der Waals surface area (Å²) in [5, 5.41) is 15.0. The third-order valence-corrected chi connectivity index (χ3v) is 4.02. The van der Waals surface area contributed by atoms with E-state index in [9.17, 15) is 4.79 Å². The molecule has 5 heteroatoms. The first-order valence-electron chi connectivity index (χ1n) is 6.75. The third-order valence-electron chi connectivity index (χ3n) is 4.02. The maximum atomic E-state index is 11.9. The lowest BCUT2D eigenvalue weighted by Crippen LogP contribution is -2.59. The van der Waals surface area contributed by atoms with Gasteiger partial charge < -0.3 is 16.3 Å². The van der Waals surface area contributed by atoms with Gasteiger partial charge in [-0.1, -0.05) is 32.3 Å². The van der Waals surface area contributed by atoms with Crippen LogP contribution in [0.25, 0.3) is 0 Å². The van der Waals surface area contributed by atoms with Crippen LogP contribution in [0.2, 0.25) is 0 Å². The molecular weight excluding hydrogens is 230 g/mol. The number of oxime groups is 1. The molecule has 5 nitrogen and oxygen atoms in total. The van der Waals surface area contributed by atoms with Gasteiger partial charge in [0.05, 0.1) is 0 Å². The zero-order valence-electron chi connectivity index (χ0n) is 11.6. The van der Waals surface area contributed by atoms with Crippen LogP contribution in [-0.2, 0) is 4.79 Å². The van der Waals surface area contributed by atoms with E-state index in [1.54, 1.807) is 0 Å². The van der Waals surface area contributed by atoms with Gasteiger partial charge in [-0.15, -0.1) is 0 Å². The van der Waals surface area contributed by atoms with Crippen LogP contribution in [0.1, 0.15) is 52.9 Å². The fraction of sp³-hybridized carbons (Fsp3) is 0.846. The Balaban J connectivity index is 2.82. The van der Waals surface area contributed by atoms with Crippen LogP contribution in [0.3, 0.4) is 0 Å². The van der Waals surface area contributed by atoms with Gasteiger partial charge in [0.15, 0.2) is 5.84 Å². The maximum absolute atomic E-state index is 11.9. The number of rotatable bonds is 4. The van der Waals surface area contributed by atoms with Gasteiger partial charge in [-0.25, -0.2) is 0 Å². The highest BCUT2D eigenvalue weighted by atomic mass is 16.4. The number of nitrogens with two attached hydrogens (primary N) is 1. The van der Waals surface area contributed by atoms with Crippen LogP contribution in [0.4, 0.5) is 0 Å². The van der Waals surface area contributed by atoms with Gasteiger partial charge in [-0.2, -0.15) is 0 Å². The van der Waals surface area contributed by atoms with Gasteiger partial charge in [0.25, 0.3) is 0 Å². The minimum absolute atomic E-state index is 0.0449. The van der Waals surface area contributed by atoms with E-state index in [4.69, 9.17) is 10.9 Å². The molecule has 1 rings (SSSR count). The molecule has 1 saturated carbocycles. The predicted octanol–water partition coefficient (Wildman–Crippen LogP) is 1.84. The summed E-state index contributed by atoms with van der Waals surface area (Å²) < 4.78 is 0. The number of carbonyl (C=O) groups is 1. The van der Waals surface area contributed by atoms with Crippen LogP contribution < -0.4 is 11.1 Å². The maximum Gasteiger partial charge on any atom is 0.223 e. The fourth-order valence-corrected chi connectivity index (χ4v) is 2.50. The molecule has 0 atom stereocenters. The van der Waals surface area contributed by atoms with Crippen LogP contribution in [0, 0.1) is 11.8 Å². The number of hydrogen-bond donors (Lipinski definition) is 3. The summed E-state index contributed by atoms with van der Waals surface area (Å²) in [6.07, 6.45) is 4.65. The van der Waals surface area contributed by atoms with Crippen molar-refractivity contribution in [2.45, 2.75) is 58.4 Å². The van der Waals surface area contributed by atoms with E-state index in [-0.39, 0.29) is 17.7 Å². The lowest BCUT2D eigenvalue weighted by Gasteiger charge is -2.40. The topological polar surface area (TPSA) is 87.7 Å². The number of nitrogens with one attached hydrogen (secondary N) is 1. The smallest absolute Gasteiger partial charge is 0.223 e. The summed E-state index contributed by atoms with van der Waals surface area (Å²) in [4.78, 5) is 11.9. The zero-order valence-corrected chi connectivity index (χ0v) is 11.6. The molecule has 0 saturated heterocycles. The van der Waals surface area contributed by atoms with E-state index in [2.05, 4.69) is 17.4 Å². The predicted molar refractivity (Wildman–Crippen MR) is 71.4 cm³/mol. The number of nitrogens with zero attached hydrogens (tertiary/aromatic N) is 1. The van der Waals surface area contributed by atoms with Gasteiger partial charge in [0.2, 0.25) is 5.91 Å². The first-order chi connectivity index (χ1) is 8.45. The molecule has 0 aliphatic heterocycles. The van der Waals surface area contributed by atoms with E-state index in [1.165, 1.54) is 0 Å². The standard InChI is InChI=1S/C13H25N3O2/c1-4-10-5-7-13(8-6-10,12(14)16-18)15-11(17)9(2)3/h9-10,18H,4-8H2,1-3H3,(H2,14,16)(H,15,17). The molecule has 1 aliphatic rings. The molecule has 0 aromatic heterocycles. The lowest BCUT2D eigenvalue weighted by molar-refractivity contribution is -0.125. The molecular formula is C13H25N3O2. The third kappa shape index (κ3) is 3.15. The Morgan fingerprint density at radius 2 is 2.06 bits per heavy atom. The van der Waals surface area contributed by atoms with E-state index in [0.717, 1.165) is 32.1 Å². The minimum atomic E-state index is -0.651. The van der Waals surface area contributed by atoms with Crippen molar-refractivity contribution in [1.29, 1.82) is 0 Å². The first kappa shape index (κ1) is 14.8. The van der Waals surface area contributed by atoms with Crippen LogP contribution in [-0.4, -0.2) is 22.5 Å². The highest BCUT2D eigenvalue weighted by Crippen LogP contribution is 2.34. The van der Waals surface area contributed by atoms with Crippen molar-refractivity contribution in [3.63, 3.8) is 0 Å². The molecule has 0 spiro atoms. The average molecular weight is 255 g/mol. The van der Waals surface area contributed by atoms with Crippen molar-refractivity contribution < 1.29 is 10.0 Å². The molecule has 1 fully saturated rings. The van der Waals surface area contributed by atoms with E-state index >= 15 is 0 Å². The average Bonchev–Trinajstić information content (AvgIpc) is 2.38. The SMILES string of the molecule is CCC1CCC(NC(=O)C(C)C)(/C(N)=N/O)CC1. The molecule has 0 unspecified atom stereocenters. The van der Waals surface area contributed by atoms with Crippen molar-refractivity contribution >= 4 is 11.7 Å². The summed E-state index contributed by atoms with van der Waals surface area (Å²) in [5.41, 5.74) is 5.15. The van der Waals surface area contributed by atoms with Gasteiger partial charge in [-0.3, -0.25) is 4.79 Å². The number of amidine groups is 1. The van der Waals surface area contributed by atoms with Crippen molar-refractivity contribution in [1.82, 2.24) is 5.32 Å². The largest absolute Gasteiger partial charge is 0.409 e. The molecule has 0 radical (unpaired) electrons. The molecule has 4 N–H and O–H groups in total. The highest BCUT2D eigenvalue weighted by Gasteiger charge is 2.40. The molecule has 0 aromatic rings. The number of hydrogen-bond acceptors (Lipinski definition) is 3. The Hall–Kier alpha value is -1.26. The van der Waals surface area contributed by atoms with Crippen molar-refractivity contribution in [2.75, 3.05) is 0 Å². The summed E-state index contributed by atoms with van der Waals surface area (Å²) >= 11 is 0. The Labute approximate surface area is 109 Å². The second-order valence-electron chi connectivity index (χ2n) is 5.56. The minimum Gasteiger partial charge on any atom is -0.409 e. The van der Waals surface area contributed by atoms with Gasteiger partial charge in [-0.05, 0) is 31.6 Å². The Morgan fingerprint density at radius 3 is 2.44 bits per heavy atom. The number of carbonyl (C=O) groups excluding carboxylic acids is 1. The van der Waals surface area contributed by atoms with Crippen molar-refractivity contribution in [3.8, 4) is 0 Å². The lowest BCUT2D eigenvalue weighted by atomic mass is 9.74. The van der Waals surface area contributed by atoms with Gasteiger partial charge in [0.1, 0.15) is 5.54 Å². The highest BCUT2D eigenvalue weighted by molar-refractivity contribution is 5.94. The quantitative estimate of drug-likeness (QED) is 0.310.